The highest BCUT2D eigenvalue weighted by molar-refractivity contribution is 7.89. The van der Waals surface area contributed by atoms with Crippen LogP contribution >= 0.6 is 0 Å². The number of carbonyl (C=O) groups is 2. The highest BCUT2D eigenvalue weighted by atomic mass is 32.2. The van der Waals surface area contributed by atoms with Crippen molar-refractivity contribution in [2.24, 2.45) is 0 Å². The first-order valence-electron chi connectivity index (χ1n) is 11.2. The lowest BCUT2D eigenvalue weighted by atomic mass is 10.0. The summed E-state index contributed by atoms with van der Waals surface area (Å²) in [5.41, 5.74) is 2.82. The van der Waals surface area contributed by atoms with E-state index in [0.29, 0.717) is 28.5 Å². The molecule has 0 aliphatic carbocycles. The first kappa shape index (κ1) is 25.8. The van der Waals surface area contributed by atoms with Crippen LogP contribution in [0.1, 0.15) is 37.4 Å². The summed E-state index contributed by atoms with van der Waals surface area (Å²) in [6.45, 7) is -0.0597. The summed E-state index contributed by atoms with van der Waals surface area (Å²) < 4.78 is 30.9. The maximum atomic E-state index is 12.7. The van der Waals surface area contributed by atoms with Crippen LogP contribution in [0.3, 0.4) is 0 Å². The van der Waals surface area contributed by atoms with Crippen molar-refractivity contribution in [3.63, 3.8) is 0 Å². The maximum absolute atomic E-state index is 12.7. The molecule has 0 unspecified atom stereocenters. The number of pyridine rings is 1. The number of carboxylic acid groups (broad SMARTS) is 1. The minimum Gasteiger partial charge on any atom is -0.507 e. The highest BCUT2D eigenvalue weighted by Crippen LogP contribution is 2.30. The summed E-state index contributed by atoms with van der Waals surface area (Å²) >= 11 is 0. The van der Waals surface area contributed by atoms with Gasteiger partial charge >= 0.3 is 11.9 Å². The molecule has 0 atom stereocenters. The molecule has 1 heterocycles. The Bertz CT molecular complexity index is 1580. The number of sulfonamides is 1. The number of benzene rings is 3. The second-order valence-corrected chi connectivity index (χ2v) is 10.7. The summed E-state index contributed by atoms with van der Waals surface area (Å²) in [4.78, 5) is 28.2. The van der Waals surface area contributed by atoms with Crippen molar-refractivity contribution in [1.82, 2.24) is 9.29 Å². The van der Waals surface area contributed by atoms with Gasteiger partial charge in [-0.1, -0.05) is 24.3 Å². The van der Waals surface area contributed by atoms with E-state index >= 15 is 0 Å². The number of esters is 1. The van der Waals surface area contributed by atoms with E-state index in [1.807, 2.05) is 0 Å². The van der Waals surface area contributed by atoms with E-state index in [4.69, 9.17) is 9.84 Å². The second kappa shape index (κ2) is 10.4. The summed E-state index contributed by atoms with van der Waals surface area (Å²) in [5.74, 6) is -1.66. The number of carboxylic acids is 1. The lowest BCUT2D eigenvalue weighted by Crippen LogP contribution is -2.22. The Hall–Kier alpha value is -4.28. The van der Waals surface area contributed by atoms with Crippen molar-refractivity contribution in [3.05, 3.63) is 101 Å². The van der Waals surface area contributed by atoms with E-state index in [-0.39, 0.29) is 28.4 Å². The van der Waals surface area contributed by atoms with E-state index in [1.165, 1.54) is 44.4 Å². The predicted octanol–water partition coefficient (Wildman–Crippen LogP) is 3.84. The highest BCUT2D eigenvalue weighted by Gasteiger charge is 2.17. The molecule has 0 saturated heterocycles. The van der Waals surface area contributed by atoms with Crippen LogP contribution in [0.5, 0.6) is 5.75 Å². The van der Waals surface area contributed by atoms with Crippen LogP contribution in [0, 0.1) is 0 Å². The molecule has 4 rings (SSSR count). The van der Waals surface area contributed by atoms with Crippen molar-refractivity contribution in [2.45, 2.75) is 17.9 Å². The Morgan fingerprint density at radius 3 is 2.16 bits per heavy atom. The van der Waals surface area contributed by atoms with Gasteiger partial charge in [-0.15, -0.1) is 0 Å². The molecule has 9 nitrogen and oxygen atoms in total. The fourth-order valence-corrected chi connectivity index (χ4v) is 4.56. The number of aromatic hydroxyl groups is 1. The van der Waals surface area contributed by atoms with Crippen LogP contribution in [0.2, 0.25) is 0 Å². The topological polar surface area (TPSA) is 134 Å². The minimum atomic E-state index is -3.55. The number of nitrogens with zero attached hydrogens (tertiary/aromatic N) is 2. The summed E-state index contributed by atoms with van der Waals surface area (Å²) in [6, 6.07) is 17.1. The molecule has 2 N–H and O–H groups in total. The Morgan fingerprint density at radius 1 is 0.919 bits per heavy atom. The van der Waals surface area contributed by atoms with Crippen LogP contribution in [0.15, 0.2) is 77.8 Å². The molecule has 190 valence electrons. The SMILES string of the molecule is CN(C)S(=O)(=O)c1ccc(COC(=O)c2ccc3ncc(Cc4ccc(C(=O)O)cc4)c(O)c3c2)cc1. The first-order chi connectivity index (χ1) is 17.6. The molecule has 4 aromatic rings. The fraction of sp³-hybridized carbons (Fsp3) is 0.148. The molecule has 37 heavy (non-hydrogen) atoms. The molecular weight excluding hydrogens is 496 g/mol. The van der Waals surface area contributed by atoms with Crippen molar-refractivity contribution in [1.29, 1.82) is 0 Å². The fourth-order valence-electron chi connectivity index (χ4n) is 3.66. The van der Waals surface area contributed by atoms with E-state index in [1.54, 1.807) is 42.6 Å². The van der Waals surface area contributed by atoms with Gasteiger partial charge in [0.25, 0.3) is 0 Å². The van der Waals surface area contributed by atoms with Gasteiger partial charge in [0.1, 0.15) is 12.4 Å². The van der Waals surface area contributed by atoms with E-state index in [2.05, 4.69) is 4.98 Å². The number of hydrogen-bond donors (Lipinski definition) is 2. The third-order valence-electron chi connectivity index (χ3n) is 5.82. The molecule has 1 aromatic heterocycles. The standard InChI is InChI=1S/C27H24N2O7S/c1-29(2)37(34,35)22-10-5-18(6-11-22)16-36-27(33)20-9-12-24-23(14-20)25(30)21(15-28-24)13-17-3-7-19(8-4-17)26(31)32/h3-12,14-15H,13,16H2,1-2H3,(H,28,30)(H,31,32). The van der Waals surface area contributed by atoms with E-state index in [9.17, 15) is 23.1 Å². The molecule has 0 aliphatic rings. The average molecular weight is 521 g/mol. The third-order valence-corrected chi connectivity index (χ3v) is 7.65. The van der Waals surface area contributed by atoms with Crippen molar-refractivity contribution in [3.8, 4) is 5.75 Å². The molecular formula is C27H24N2O7S. The molecule has 10 heteroatoms. The van der Waals surface area contributed by atoms with E-state index < -0.39 is 22.0 Å². The van der Waals surface area contributed by atoms with E-state index in [0.717, 1.165) is 9.87 Å². The molecule has 0 fully saturated rings. The van der Waals surface area contributed by atoms with Crippen LogP contribution in [-0.4, -0.2) is 54.0 Å². The smallest absolute Gasteiger partial charge is 0.338 e. The number of carbonyl (C=O) groups excluding carboxylic acids is 1. The molecule has 3 aromatic carbocycles. The van der Waals surface area contributed by atoms with Gasteiger partial charge in [0.15, 0.2) is 0 Å². The Kier molecular flexibility index (Phi) is 7.23. The van der Waals surface area contributed by atoms with Gasteiger partial charge in [-0.2, -0.15) is 0 Å². The molecule has 0 spiro atoms. The molecule has 0 bridgehead atoms. The summed E-state index contributed by atoms with van der Waals surface area (Å²) in [5, 5.41) is 20.3. The molecule has 0 aliphatic heterocycles. The largest absolute Gasteiger partial charge is 0.507 e. The summed E-state index contributed by atoms with van der Waals surface area (Å²) in [6.07, 6.45) is 1.86. The average Bonchev–Trinajstić information content (AvgIpc) is 2.89. The zero-order chi connectivity index (χ0) is 26.7. The Balaban J connectivity index is 1.49. The van der Waals surface area contributed by atoms with Gasteiger partial charge < -0.3 is 14.9 Å². The van der Waals surface area contributed by atoms with Gasteiger partial charge in [-0.25, -0.2) is 22.3 Å². The maximum Gasteiger partial charge on any atom is 0.338 e. The van der Waals surface area contributed by atoms with Gasteiger partial charge in [0, 0.05) is 37.7 Å². The minimum absolute atomic E-state index is 0.0281. The number of rotatable bonds is 8. The predicted molar refractivity (Wildman–Crippen MR) is 136 cm³/mol. The molecule has 0 radical (unpaired) electrons. The monoisotopic (exact) mass is 520 g/mol. The lowest BCUT2D eigenvalue weighted by molar-refractivity contribution is 0.0472. The second-order valence-electron chi connectivity index (χ2n) is 8.55. The van der Waals surface area contributed by atoms with Crippen molar-refractivity contribution >= 4 is 32.9 Å². The quantitative estimate of drug-likeness (QED) is 0.335. The van der Waals surface area contributed by atoms with Gasteiger partial charge in [-0.3, -0.25) is 4.98 Å². The van der Waals surface area contributed by atoms with Gasteiger partial charge in [-0.05, 0) is 53.6 Å². The Morgan fingerprint density at radius 2 is 1.54 bits per heavy atom. The lowest BCUT2D eigenvalue weighted by Gasteiger charge is -2.12. The van der Waals surface area contributed by atoms with Gasteiger partial charge in [0.05, 0.1) is 21.5 Å². The number of ether oxygens (including phenoxy) is 1. The van der Waals surface area contributed by atoms with Crippen LogP contribution in [-0.2, 0) is 27.8 Å². The Labute approximate surface area is 213 Å². The zero-order valence-electron chi connectivity index (χ0n) is 20.1. The van der Waals surface area contributed by atoms with Crippen molar-refractivity contribution in [2.75, 3.05) is 14.1 Å². The normalized spacial score (nSPS) is 11.5. The van der Waals surface area contributed by atoms with Crippen LogP contribution in [0.25, 0.3) is 10.9 Å². The number of aromatic nitrogens is 1. The zero-order valence-corrected chi connectivity index (χ0v) is 20.9. The van der Waals surface area contributed by atoms with Crippen LogP contribution < -0.4 is 0 Å². The molecule has 0 saturated carbocycles. The summed E-state index contributed by atoms with van der Waals surface area (Å²) in [7, 11) is -0.654. The third kappa shape index (κ3) is 5.60. The van der Waals surface area contributed by atoms with Crippen LogP contribution in [0.4, 0.5) is 0 Å². The number of aromatic carboxylic acids is 1. The van der Waals surface area contributed by atoms with Crippen molar-refractivity contribution < 1.29 is 33.0 Å². The number of hydrogen-bond acceptors (Lipinski definition) is 7. The first-order valence-corrected chi connectivity index (χ1v) is 12.6. The number of fused-ring (bicyclic) bond motifs is 1. The van der Waals surface area contributed by atoms with Gasteiger partial charge in [0.2, 0.25) is 10.0 Å². The molecule has 0 amide bonds.